The van der Waals surface area contributed by atoms with Gasteiger partial charge in [-0.15, -0.1) is 13.2 Å². The van der Waals surface area contributed by atoms with Crippen LogP contribution in [0.2, 0.25) is 5.02 Å². The van der Waals surface area contributed by atoms with Crippen molar-refractivity contribution in [3.05, 3.63) is 88.4 Å². The van der Waals surface area contributed by atoms with E-state index in [1.54, 1.807) is 50.4 Å². The lowest BCUT2D eigenvalue weighted by Gasteiger charge is -2.22. The third-order valence-corrected chi connectivity index (χ3v) is 7.78. The topological polar surface area (TPSA) is 108 Å². The average molecular weight is 675 g/mol. The Morgan fingerprint density at radius 2 is 1.76 bits per heavy atom. The molecule has 0 radical (unpaired) electrons. The van der Waals surface area contributed by atoms with Crippen LogP contribution in [-0.2, 0) is 9.63 Å². The van der Waals surface area contributed by atoms with Gasteiger partial charge in [0.05, 0.1) is 17.1 Å². The molecule has 1 unspecified atom stereocenters. The lowest BCUT2D eigenvalue weighted by Crippen LogP contribution is -2.32. The Labute approximate surface area is 272 Å². The van der Waals surface area contributed by atoms with Crippen LogP contribution >= 0.6 is 23.4 Å². The van der Waals surface area contributed by atoms with Gasteiger partial charge in [-0.05, 0) is 67.1 Å². The lowest BCUT2D eigenvalue weighted by atomic mass is 10.0. The van der Waals surface area contributed by atoms with E-state index < -0.39 is 18.5 Å². The fraction of sp³-hybridized carbons (Fsp3) is 0.258. The Hall–Kier alpha value is -4.40. The summed E-state index contributed by atoms with van der Waals surface area (Å²) in [6.07, 6.45) is -5.36. The van der Waals surface area contributed by atoms with E-state index in [1.165, 1.54) is 34.2 Å². The number of hydrogen-bond donors (Lipinski definition) is 1. The van der Waals surface area contributed by atoms with E-state index in [9.17, 15) is 22.8 Å². The quantitative estimate of drug-likeness (QED) is 0.142. The second-order valence-corrected chi connectivity index (χ2v) is 11.6. The minimum Gasteiger partial charge on any atom is -0.406 e. The summed E-state index contributed by atoms with van der Waals surface area (Å²) in [6.45, 7) is 9.28. The van der Waals surface area contributed by atoms with Gasteiger partial charge in [-0.1, -0.05) is 67.5 Å². The highest BCUT2D eigenvalue weighted by molar-refractivity contribution is 8.15. The number of hydroxylamine groups is 1. The van der Waals surface area contributed by atoms with E-state index in [0.29, 0.717) is 27.5 Å². The molecule has 1 heterocycles. The highest BCUT2D eigenvalue weighted by atomic mass is 35.5. The van der Waals surface area contributed by atoms with Gasteiger partial charge in [-0.25, -0.2) is 15.3 Å². The summed E-state index contributed by atoms with van der Waals surface area (Å²) in [5.74, 6) is -0.0748. The predicted octanol–water partition coefficient (Wildman–Crippen LogP) is 7.70. The van der Waals surface area contributed by atoms with Gasteiger partial charge in [0.15, 0.2) is 11.0 Å². The zero-order valence-corrected chi connectivity index (χ0v) is 26.8. The van der Waals surface area contributed by atoms with E-state index >= 15 is 0 Å². The Balaban J connectivity index is 1.39. The molecule has 0 spiro atoms. The molecule has 242 valence electrons. The van der Waals surface area contributed by atoms with Gasteiger partial charge >= 0.3 is 12.4 Å². The van der Waals surface area contributed by atoms with Crippen LogP contribution in [0.4, 0.5) is 29.3 Å². The molecular formula is C31H30ClF3N6O4S. The van der Waals surface area contributed by atoms with E-state index in [0.717, 1.165) is 17.3 Å². The number of benzene rings is 3. The van der Waals surface area contributed by atoms with Gasteiger partial charge in [-0.3, -0.25) is 19.5 Å². The van der Waals surface area contributed by atoms with E-state index in [1.807, 2.05) is 19.9 Å². The van der Waals surface area contributed by atoms with Gasteiger partial charge in [0, 0.05) is 17.6 Å². The second kappa shape index (κ2) is 14.8. The van der Waals surface area contributed by atoms with Crippen molar-refractivity contribution in [3.8, 4) is 5.75 Å². The number of nitrogens with one attached hydrogen (secondary N) is 1. The number of thioether (sulfide) groups is 1. The number of ether oxygens (including phenoxy) is 1. The molecular weight excluding hydrogens is 645 g/mol. The summed E-state index contributed by atoms with van der Waals surface area (Å²) in [5, 5.41) is 6.50. The predicted molar refractivity (Wildman–Crippen MR) is 175 cm³/mol. The minimum absolute atomic E-state index is 0.101. The van der Waals surface area contributed by atoms with E-state index in [2.05, 4.69) is 32.0 Å². The number of amides is 3. The maximum Gasteiger partial charge on any atom is 0.573 e. The Morgan fingerprint density at radius 3 is 2.37 bits per heavy atom. The molecule has 4 rings (SSSR count). The van der Waals surface area contributed by atoms with Crippen LogP contribution in [-0.4, -0.2) is 48.8 Å². The largest absolute Gasteiger partial charge is 0.573 e. The number of alkyl halides is 3. The summed E-state index contributed by atoms with van der Waals surface area (Å²) < 4.78 is 41.2. The van der Waals surface area contributed by atoms with Crippen LogP contribution in [0.1, 0.15) is 49.5 Å². The molecule has 10 nitrogen and oxygen atoms in total. The number of rotatable bonds is 9. The van der Waals surface area contributed by atoms with E-state index in [4.69, 9.17) is 16.4 Å². The number of urea groups is 1. The van der Waals surface area contributed by atoms with Gasteiger partial charge in [0.1, 0.15) is 11.9 Å². The van der Waals surface area contributed by atoms with Crippen molar-refractivity contribution in [2.45, 2.75) is 39.2 Å². The van der Waals surface area contributed by atoms with Gasteiger partial charge in [0.2, 0.25) is 5.91 Å². The molecule has 0 aromatic heterocycles. The molecule has 3 aromatic rings. The zero-order chi connectivity index (χ0) is 33.6. The van der Waals surface area contributed by atoms with Crippen molar-refractivity contribution in [2.24, 2.45) is 15.1 Å². The van der Waals surface area contributed by atoms with Crippen LogP contribution < -0.4 is 20.1 Å². The molecule has 0 saturated carbocycles. The number of carbonyl (C=O) groups is 2. The van der Waals surface area contributed by atoms with Gasteiger partial charge in [-0.2, -0.15) is 10.1 Å². The monoisotopic (exact) mass is 674 g/mol. The van der Waals surface area contributed by atoms with Crippen molar-refractivity contribution in [3.63, 3.8) is 0 Å². The standard InChI is InChI=1S/C31H30ClF3N6O4S/c1-18(2)25-15-10-22(32)16-26(25)41-27(42)17-46-30(41)37-29(43)39-45-19(3)20-6-8-21(9-7-20)28(36-4)38-40(5)23-11-13-24(14-12-23)44-31(33,34)35/h6-16,18-19H,4,17H2,1-3,5H3,(H,39,43)/b37-30-,38-28-. The lowest BCUT2D eigenvalue weighted by molar-refractivity contribution is -0.274. The molecule has 0 bridgehead atoms. The number of aliphatic imine (C=N–C) groups is 2. The second-order valence-electron chi connectivity index (χ2n) is 10.2. The fourth-order valence-corrected chi connectivity index (χ4v) is 5.37. The van der Waals surface area contributed by atoms with Gasteiger partial charge in [0.25, 0.3) is 0 Å². The van der Waals surface area contributed by atoms with Crippen LogP contribution in [0, 0.1) is 0 Å². The highest BCUT2D eigenvalue weighted by Gasteiger charge is 2.33. The van der Waals surface area contributed by atoms with Crippen LogP contribution in [0.25, 0.3) is 0 Å². The third kappa shape index (κ3) is 8.86. The number of carbonyl (C=O) groups excluding carboxylic acids is 2. The first-order valence-electron chi connectivity index (χ1n) is 13.8. The molecule has 1 N–H and O–H groups in total. The highest BCUT2D eigenvalue weighted by Crippen LogP contribution is 2.35. The van der Waals surface area contributed by atoms with Crippen molar-refractivity contribution in [1.82, 2.24) is 5.48 Å². The number of hydrogen-bond acceptors (Lipinski definition) is 7. The number of anilines is 2. The number of hydrazone groups is 1. The van der Waals surface area contributed by atoms with Crippen molar-refractivity contribution < 1.29 is 32.3 Å². The molecule has 46 heavy (non-hydrogen) atoms. The molecule has 0 aliphatic carbocycles. The molecule has 1 atom stereocenters. The maximum absolute atomic E-state index is 12.7. The number of nitrogens with zero attached hydrogens (tertiary/aromatic N) is 5. The Bertz CT molecular complexity index is 1650. The normalized spacial score (nSPS) is 15.3. The summed E-state index contributed by atoms with van der Waals surface area (Å²) in [5.41, 5.74) is 5.59. The molecule has 3 amide bonds. The molecule has 1 aliphatic rings. The first kappa shape index (κ1) is 34.5. The summed E-state index contributed by atoms with van der Waals surface area (Å²) in [4.78, 5) is 40.4. The van der Waals surface area contributed by atoms with Crippen molar-refractivity contribution in [2.75, 3.05) is 22.7 Å². The molecule has 15 heteroatoms. The molecule has 3 aromatic carbocycles. The average Bonchev–Trinajstić information content (AvgIpc) is 3.37. The summed E-state index contributed by atoms with van der Waals surface area (Å²) in [6, 6.07) is 16.7. The smallest absolute Gasteiger partial charge is 0.406 e. The van der Waals surface area contributed by atoms with E-state index in [-0.39, 0.29) is 34.3 Å². The molecule has 1 saturated heterocycles. The summed E-state index contributed by atoms with van der Waals surface area (Å²) in [7, 11) is 1.61. The van der Waals surface area contributed by atoms with Crippen molar-refractivity contribution >= 4 is 64.4 Å². The third-order valence-electron chi connectivity index (χ3n) is 6.62. The minimum atomic E-state index is -4.78. The Kier molecular flexibility index (Phi) is 11.1. The fourth-order valence-electron chi connectivity index (χ4n) is 4.34. The number of halogens is 4. The molecule has 1 aliphatic heterocycles. The van der Waals surface area contributed by atoms with Gasteiger partial charge < -0.3 is 4.74 Å². The van der Waals surface area contributed by atoms with Crippen molar-refractivity contribution in [1.29, 1.82) is 0 Å². The molecule has 1 fully saturated rings. The van der Waals surface area contributed by atoms with Crippen LogP contribution in [0.5, 0.6) is 5.75 Å². The first-order valence-corrected chi connectivity index (χ1v) is 15.2. The zero-order valence-electron chi connectivity index (χ0n) is 25.2. The Morgan fingerprint density at radius 1 is 1.09 bits per heavy atom. The van der Waals surface area contributed by atoms with Crippen LogP contribution in [0.15, 0.2) is 81.8 Å². The first-order chi connectivity index (χ1) is 21.8. The number of amidine groups is 2. The summed E-state index contributed by atoms with van der Waals surface area (Å²) >= 11 is 7.36. The SMILES string of the molecule is C=N/C(=N\N(C)c1ccc(OC(F)(F)F)cc1)c1ccc(C(C)ONC(=O)/N=C2\SCC(=O)N2c2cc(Cl)ccc2C(C)C)cc1. The van der Waals surface area contributed by atoms with Crippen LogP contribution in [0.3, 0.4) is 0 Å². The maximum atomic E-state index is 12.7.